The summed E-state index contributed by atoms with van der Waals surface area (Å²) in [6, 6.07) is 13.0. The summed E-state index contributed by atoms with van der Waals surface area (Å²) >= 11 is 6.14. The normalized spacial score (nSPS) is 13.0. The van der Waals surface area contributed by atoms with Crippen molar-refractivity contribution in [3.63, 3.8) is 0 Å². The third kappa shape index (κ3) is 4.92. The van der Waals surface area contributed by atoms with Crippen molar-refractivity contribution in [3.05, 3.63) is 58.6 Å². The number of carbonyl (C=O) groups is 1. The fraction of sp³-hybridized carbons (Fsp3) is 0.381. The molecule has 26 heavy (non-hydrogen) atoms. The van der Waals surface area contributed by atoms with Crippen LogP contribution in [0.5, 0.6) is 11.5 Å². The molecule has 0 aromatic heterocycles. The van der Waals surface area contributed by atoms with Gasteiger partial charge in [-0.25, -0.2) is 0 Å². The lowest BCUT2D eigenvalue weighted by Gasteiger charge is -2.23. The molecule has 140 valence electrons. The first kappa shape index (κ1) is 20.1. The summed E-state index contributed by atoms with van der Waals surface area (Å²) in [5, 5.41) is 3.59. The minimum Gasteiger partial charge on any atom is -0.496 e. The van der Waals surface area contributed by atoms with Crippen LogP contribution in [-0.2, 0) is 4.79 Å². The van der Waals surface area contributed by atoms with Crippen LogP contribution in [0, 0.1) is 6.92 Å². The van der Waals surface area contributed by atoms with Gasteiger partial charge in [-0.05, 0) is 49.1 Å². The second-order valence-electron chi connectivity index (χ2n) is 6.14. The van der Waals surface area contributed by atoms with Crippen molar-refractivity contribution in [3.8, 4) is 11.5 Å². The van der Waals surface area contributed by atoms with Crippen LogP contribution in [-0.4, -0.2) is 19.1 Å². The van der Waals surface area contributed by atoms with Crippen LogP contribution in [0.4, 0.5) is 0 Å². The molecule has 0 aliphatic heterocycles. The first-order valence-electron chi connectivity index (χ1n) is 8.86. The highest BCUT2D eigenvalue weighted by Gasteiger charge is 2.23. The van der Waals surface area contributed by atoms with E-state index in [-0.39, 0.29) is 11.9 Å². The molecule has 0 heterocycles. The van der Waals surface area contributed by atoms with Crippen molar-refractivity contribution in [2.45, 2.75) is 45.8 Å². The zero-order valence-electron chi connectivity index (χ0n) is 15.7. The Morgan fingerprint density at radius 2 is 1.85 bits per heavy atom. The molecule has 0 radical (unpaired) electrons. The minimum absolute atomic E-state index is 0.0870. The Kier molecular flexibility index (Phi) is 7.34. The van der Waals surface area contributed by atoms with Gasteiger partial charge >= 0.3 is 0 Å². The molecule has 0 fully saturated rings. The van der Waals surface area contributed by atoms with Gasteiger partial charge in [0.25, 0.3) is 5.91 Å². The molecular weight excluding hydrogens is 350 g/mol. The maximum Gasteiger partial charge on any atom is 0.261 e. The van der Waals surface area contributed by atoms with Crippen LogP contribution < -0.4 is 14.8 Å². The van der Waals surface area contributed by atoms with Gasteiger partial charge in [-0.3, -0.25) is 4.79 Å². The van der Waals surface area contributed by atoms with E-state index < -0.39 is 6.10 Å². The molecule has 0 aliphatic rings. The molecule has 0 bridgehead atoms. The SMILES string of the molecule is CC[C@@H](Oc1ccccc1Cl)C(=O)N[C@H](CC)c1ccc(OC)c(C)c1. The van der Waals surface area contributed by atoms with E-state index in [1.54, 1.807) is 19.2 Å². The van der Waals surface area contributed by atoms with Gasteiger partial charge in [0.2, 0.25) is 0 Å². The molecule has 4 nitrogen and oxygen atoms in total. The van der Waals surface area contributed by atoms with E-state index in [0.717, 1.165) is 23.3 Å². The lowest BCUT2D eigenvalue weighted by Crippen LogP contribution is -2.40. The van der Waals surface area contributed by atoms with Crippen LogP contribution in [0.1, 0.15) is 43.9 Å². The largest absolute Gasteiger partial charge is 0.496 e. The number of benzene rings is 2. The molecule has 0 spiro atoms. The summed E-state index contributed by atoms with van der Waals surface area (Å²) in [4.78, 5) is 12.7. The summed E-state index contributed by atoms with van der Waals surface area (Å²) < 4.78 is 11.1. The number of halogens is 1. The van der Waals surface area contributed by atoms with Crippen LogP contribution >= 0.6 is 11.6 Å². The van der Waals surface area contributed by atoms with E-state index in [1.807, 2.05) is 51.1 Å². The molecule has 1 amide bonds. The van der Waals surface area contributed by atoms with E-state index in [2.05, 4.69) is 5.32 Å². The van der Waals surface area contributed by atoms with E-state index in [1.165, 1.54) is 0 Å². The second-order valence-corrected chi connectivity index (χ2v) is 6.55. The number of amides is 1. The lowest BCUT2D eigenvalue weighted by atomic mass is 10.0. The predicted molar refractivity (Wildman–Crippen MR) is 105 cm³/mol. The van der Waals surface area contributed by atoms with Gasteiger partial charge in [-0.15, -0.1) is 0 Å². The molecule has 0 saturated heterocycles. The predicted octanol–water partition coefficient (Wildman–Crippen LogP) is 5.08. The Labute approximate surface area is 160 Å². The number of nitrogens with one attached hydrogen (secondary N) is 1. The van der Waals surface area contributed by atoms with Gasteiger partial charge in [0.15, 0.2) is 6.10 Å². The van der Waals surface area contributed by atoms with Crippen molar-refractivity contribution in [2.24, 2.45) is 0 Å². The first-order chi connectivity index (χ1) is 12.5. The number of methoxy groups -OCH3 is 1. The number of aryl methyl sites for hydroxylation is 1. The van der Waals surface area contributed by atoms with Gasteiger partial charge in [0.05, 0.1) is 18.2 Å². The molecule has 0 saturated carbocycles. The van der Waals surface area contributed by atoms with Crippen LogP contribution in [0.2, 0.25) is 5.02 Å². The quantitative estimate of drug-likeness (QED) is 0.699. The number of carbonyl (C=O) groups excluding carboxylic acids is 1. The summed E-state index contributed by atoms with van der Waals surface area (Å²) in [5.74, 6) is 1.21. The summed E-state index contributed by atoms with van der Waals surface area (Å²) in [6.07, 6.45) is 0.734. The number of hydrogen-bond donors (Lipinski definition) is 1. The van der Waals surface area contributed by atoms with E-state index in [0.29, 0.717) is 17.2 Å². The fourth-order valence-electron chi connectivity index (χ4n) is 2.82. The monoisotopic (exact) mass is 375 g/mol. The number of rotatable bonds is 8. The smallest absolute Gasteiger partial charge is 0.261 e. The molecule has 2 rings (SSSR count). The minimum atomic E-state index is -0.594. The zero-order valence-corrected chi connectivity index (χ0v) is 16.5. The van der Waals surface area contributed by atoms with Gasteiger partial charge in [-0.2, -0.15) is 0 Å². The van der Waals surface area contributed by atoms with Crippen LogP contribution in [0.25, 0.3) is 0 Å². The third-order valence-corrected chi connectivity index (χ3v) is 4.63. The lowest BCUT2D eigenvalue weighted by molar-refractivity contribution is -0.128. The van der Waals surface area contributed by atoms with Crippen molar-refractivity contribution in [1.29, 1.82) is 0 Å². The summed E-state index contributed by atoms with van der Waals surface area (Å²) in [5.41, 5.74) is 2.09. The molecule has 1 N–H and O–H groups in total. The zero-order chi connectivity index (χ0) is 19.1. The Bertz CT molecular complexity index is 748. The number of ether oxygens (including phenoxy) is 2. The van der Waals surface area contributed by atoms with Crippen molar-refractivity contribution >= 4 is 17.5 Å². The molecule has 2 aromatic carbocycles. The summed E-state index contributed by atoms with van der Waals surface area (Å²) in [6.45, 7) is 5.95. The molecule has 2 aromatic rings. The topological polar surface area (TPSA) is 47.6 Å². The molecule has 2 atom stereocenters. The highest BCUT2D eigenvalue weighted by atomic mass is 35.5. The highest BCUT2D eigenvalue weighted by molar-refractivity contribution is 6.32. The molecule has 5 heteroatoms. The van der Waals surface area contributed by atoms with E-state index in [9.17, 15) is 4.79 Å². The Morgan fingerprint density at radius 3 is 2.42 bits per heavy atom. The van der Waals surface area contributed by atoms with Crippen LogP contribution in [0.3, 0.4) is 0 Å². The van der Waals surface area contributed by atoms with Crippen LogP contribution in [0.15, 0.2) is 42.5 Å². The van der Waals surface area contributed by atoms with Gasteiger partial charge in [0.1, 0.15) is 11.5 Å². The first-order valence-corrected chi connectivity index (χ1v) is 9.24. The van der Waals surface area contributed by atoms with Gasteiger partial charge < -0.3 is 14.8 Å². The van der Waals surface area contributed by atoms with Gasteiger partial charge in [-0.1, -0.05) is 49.7 Å². The fourth-order valence-corrected chi connectivity index (χ4v) is 3.00. The number of para-hydroxylation sites is 1. The maximum absolute atomic E-state index is 12.7. The van der Waals surface area contributed by atoms with E-state index >= 15 is 0 Å². The molecule has 0 unspecified atom stereocenters. The average molecular weight is 376 g/mol. The van der Waals surface area contributed by atoms with Crippen molar-refractivity contribution < 1.29 is 14.3 Å². The summed E-state index contributed by atoms with van der Waals surface area (Å²) in [7, 11) is 1.65. The second kappa shape index (κ2) is 9.48. The van der Waals surface area contributed by atoms with Gasteiger partial charge in [0, 0.05) is 0 Å². The Morgan fingerprint density at radius 1 is 1.12 bits per heavy atom. The van der Waals surface area contributed by atoms with E-state index in [4.69, 9.17) is 21.1 Å². The molecule has 0 aliphatic carbocycles. The Hall–Kier alpha value is -2.20. The molecular formula is C21H26ClNO3. The van der Waals surface area contributed by atoms with Crippen molar-refractivity contribution in [1.82, 2.24) is 5.32 Å². The Balaban J connectivity index is 2.11. The highest BCUT2D eigenvalue weighted by Crippen LogP contribution is 2.26. The number of hydrogen-bond acceptors (Lipinski definition) is 3. The maximum atomic E-state index is 12.7. The average Bonchev–Trinajstić information content (AvgIpc) is 2.65. The van der Waals surface area contributed by atoms with Crippen molar-refractivity contribution in [2.75, 3.05) is 7.11 Å². The third-order valence-electron chi connectivity index (χ3n) is 4.32. The standard InChI is InChI=1S/C21H26ClNO3/c1-5-17(15-11-12-19(25-4)14(3)13-15)23-21(24)18(6-2)26-20-10-8-7-9-16(20)22/h7-13,17-18H,5-6H2,1-4H3,(H,23,24)/t17-,18-/m1/s1.